The Bertz CT molecular complexity index is 1430. The number of aromatic amines is 1. The van der Waals surface area contributed by atoms with E-state index in [9.17, 15) is 13.6 Å². The summed E-state index contributed by atoms with van der Waals surface area (Å²) in [7, 11) is 1.38. The van der Waals surface area contributed by atoms with Gasteiger partial charge in [-0.1, -0.05) is 11.6 Å². The number of carbonyl (C=O) groups excluding carboxylic acids is 1. The number of hydrogen-bond donors (Lipinski definition) is 1. The van der Waals surface area contributed by atoms with Gasteiger partial charge in [-0.3, -0.25) is 9.78 Å². The third kappa shape index (κ3) is 5.19. The van der Waals surface area contributed by atoms with E-state index in [1.54, 1.807) is 24.5 Å². The van der Waals surface area contributed by atoms with E-state index in [-0.39, 0.29) is 34.0 Å². The zero-order chi connectivity index (χ0) is 25.9. The maximum absolute atomic E-state index is 14.8. The van der Waals surface area contributed by atoms with Crippen LogP contribution < -0.4 is 4.74 Å². The van der Waals surface area contributed by atoms with Crippen LogP contribution in [0.1, 0.15) is 40.5 Å². The van der Waals surface area contributed by atoms with Gasteiger partial charge in [-0.25, -0.2) is 13.8 Å². The van der Waals surface area contributed by atoms with E-state index >= 15 is 0 Å². The standard InChI is InChI=1S/C27H23ClF2N4O2S/c1-36-23-7-6-20(28)19(25(23)30)15-37-24-13-17(29)4-5-18(24)26-32-14-21(33-26)27(35)34-12-2-3-22(34)16-8-10-31-11-9-16/h4-11,13-14,22H,2-3,12,15H2,1H3,(H,32,33). The number of H-pyrrole nitrogens is 1. The normalized spacial score (nSPS) is 15.2. The molecule has 2 aromatic heterocycles. The van der Waals surface area contributed by atoms with Crippen LogP contribution in [-0.2, 0) is 5.75 Å². The molecule has 37 heavy (non-hydrogen) atoms. The summed E-state index contributed by atoms with van der Waals surface area (Å²) in [5.41, 5.74) is 2.24. The number of hydrogen-bond acceptors (Lipinski definition) is 5. The van der Waals surface area contributed by atoms with Crippen molar-refractivity contribution in [2.24, 2.45) is 0 Å². The molecule has 1 aliphatic rings. The number of methoxy groups -OCH3 is 1. The Hall–Kier alpha value is -3.43. The number of rotatable bonds is 7. The van der Waals surface area contributed by atoms with Gasteiger partial charge in [0.1, 0.15) is 17.3 Å². The smallest absolute Gasteiger partial charge is 0.272 e. The second-order valence-corrected chi connectivity index (χ2v) is 9.98. The fourth-order valence-corrected chi connectivity index (χ4v) is 5.88. The van der Waals surface area contributed by atoms with Gasteiger partial charge in [0.05, 0.1) is 19.3 Å². The molecule has 10 heteroatoms. The molecule has 0 radical (unpaired) electrons. The molecule has 1 saturated heterocycles. The minimum atomic E-state index is -0.555. The fraction of sp³-hybridized carbons (Fsp3) is 0.222. The van der Waals surface area contributed by atoms with E-state index < -0.39 is 11.6 Å². The SMILES string of the molecule is COc1ccc(Cl)c(CSc2cc(F)ccc2-c2ncc(C(=O)N3CCCC3c3ccncc3)[nH]2)c1F. The molecule has 1 unspecified atom stereocenters. The summed E-state index contributed by atoms with van der Waals surface area (Å²) < 4.78 is 34.0. The van der Waals surface area contributed by atoms with Gasteiger partial charge in [0.2, 0.25) is 0 Å². The third-order valence-corrected chi connectivity index (χ3v) is 7.79. The van der Waals surface area contributed by atoms with E-state index in [0.29, 0.717) is 28.5 Å². The van der Waals surface area contributed by atoms with Crippen molar-refractivity contribution in [1.29, 1.82) is 0 Å². The predicted molar refractivity (Wildman–Crippen MR) is 139 cm³/mol. The highest BCUT2D eigenvalue weighted by molar-refractivity contribution is 7.98. The molecule has 0 spiro atoms. The largest absolute Gasteiger partial charge is 0.494 e. The lowest BCUT2D eigenvalue weighted by Crippen LogP contribution is -2.30. The highest BCUT2D eigenvalue weighted by atomic mass is 35.5. The van der Waals surface area contributed by atoms with Gasteiger partial charge >= 0.3 is 0 Å². The van der Waals surface area contributed by atoms with E-state index in [2.05, 4.69) is 15.0 Å². The molecule has 6 nitrogen and oxygen atoms in total. The Morgan fingerprint density at radius 3 is 2.81 bits per heavy atom. The number of nitrogens with zero attached hydrogens (tertiary/aromatic N) is 3. The van der Waals surface area contributed by atoms with Gasteiger partial charge in [0, 0.05) is 45.7 Å². The van der Waals surface area contributed by atoms with E-state index in [1.165, 1.54) is 43.3 Å². The summed E-state index contributed by atoms with van der Waals surface area (Å²) in [4.78, 5) is 27.3. The van der Waals surface area contributed by atoms with Crippen LogP contribution in [0.2, 0.25) is 5.02 Å². The summed E-state index contributed by atoms with van der Waals surface area (Å²) in [6.07, 6.45) is 6.72. The van der Waals surface area contributed by atoms with Crippen molar-refractivity contribution in [1.82, 2.24) is 19.9 Å². The molecule has 1 fully saturated rings. The first-order valence-corrected chi connectivity index (χ1v) is 13.0. The van der Waals surface area contributed by atoms with E-state index in [4.69, 9.17) is 16.3 Å². The first-order chi connectivity index (χ1) is 18.0. The Morgan fingerprint density at radius 2 is 2.03 bits per heavy atom. The third-order valence-electron chi connectivity index (χ3n) is 6.35. The van der Waals surface area contributed by atoms with Gasteiger partial charge in [-0.15, -0.1) is 11.8 Å². The van der Waals surface area contributed by atoms with Crippen LogP contribution in [0.4, 0.5) is 8.78 Å². The number of carbonyl (C=O) groups is 1. The number of ether oxygens (including phenoxy) is 1. The van der Waals surface area contributed by atoms with Gasteiger partial charge in [-0.2, -0.15) is 0 Å². The van der Waals surface area contributed by atoms with Gasteiger partial charge in [0.15, 0.2) is 11.6 Å². The van der Waals surface area contributed by atoms with Gasteiger partial charge in [-0.05, 0) is 60.9 Å². The summed E-state index contributed by atoms with van der Waals surface area (Å²) >= 11 is 7.44. The Balaban J connectivity index is 1.39. The predicted octanol–water partition coefficient (Wildman–Crippen LogP) is 6.68. The number of likely N-dealkylation sites (tertiary alicyclic amines) is 1. The maximum atomic E-state index is 14.8. The highest BCUT2D eigenvalue weighted by Crippen LogP contribution is 2.37. The number of amides is 1. The van der Waals surface area contributed by atoms with E-state index in [0.717, 1.165) is 18.4 Å². The quantitative estimate of drug-likeness (QED) is 0.265. The first kappa shape index (κ1) is 25.2. The lowest BCUT2D eigenvalue weighted by Gasteiger charge is -2.24. The number of thioether (sulfide) groups is 1. The number of nitrogens with one attached hydrogen (secondary N) is 1. The van der Waals surface area contributed by atoms with Crippen LogP contribution in [0.25, 0.3) is 11.4 Å². The number of imidazole rings is 1. The van der Waals surface area contributed by atoms with Crippen LogP contribution >= 0.6 is 23.4 Å². The van der Waals surface area contributed by atoms with Crippen molar-refractivity contribution in [3.63, 3.8) is 0 Å². The number of pyridine rings is 1. The van der Waals surface area contributed by atoms with Crippen molar-refractivity contribution < 1.29 is 18.3 Å². The molecule has 2 aromatic carbocycles. The number of aromatic nitrogens is 3. The molecule has 1 aliphatic heterocycles. The molecule has 190 valence electrons. The zero-order valence-electron chi connectivity index (χ0n) is 19.9. The highest BCUT2D eigenvalue weighted by Gasteiger charge is 2.31. The molecule has 1 amide bonds. The topological polar surface area (TPSA) is 71.1 Å². The summed E-state index contributed by atoms with van der Waals surface area (Å²) in [5, 5.41) is 0.254. The molecular formula is C27H23ClF2N4O2S. The molecular weight excluding hydrogens is 518 g/mol. The average molecular weight is 541 g/mol. The van der Waals surface area contributed by atoms with Crippen LogP contribution in [0.15, 0.2) is 66.0 Å². The van der Waals surface area contributed by atoms with Crippen molar-refractivity contribution in [2.45, 2.75) is 29.5 Å². The van der Waals surface area contributed by atoms with Crippen LogP contribution in [-0.4, -0.2) is 39.4 Å². The first-order valence-electron chi connectivity index (χ1n) is 11.7. The molecule has 0 saturated carbocycles. The van der Waals surface area contributed by atoms with Crippen molar-refractivity contribution in [3.05, 3.63) is 94.5 Å². The second-order valence-electron chi connectivity index (χ2n) is 8.55. The Kier molecular flexibility index (Phi) is 7.43. The molecule has 4 aromatic rings. The van der Waals surface area contributed by atoms with Crippen molar-refractivity contribution in [3.8, 4) is 17.1 Å². The van der Waals surface area contributed by atoms with E-state index in [1.807, 2.05) is 17.0 Å². The van der Waals surface area contributed by atoms with Gasteiger partial charge in [0.25, 0.3) is 5.91 Å². The molecule has 5 rings (SSSR count). The molecule has 0 bridgehead atoms. The molecule has 1 N–H and O–H groups in total. The minimum absolute atomic E-state index is 0.0262. The van der Waals surface area contributed by atoms with Crippen LogP contribution in [0, 0.1) is 11.6 Å². The van der Waals surface area contributed by atoms with Crippen LogP contribution in [0.5, 0.6) is 5.75 Å². The van der Waals surface area contributed by atoms with Crippen molar-refractivity contribution >= 4 is 29.3 Å². The second kappa shape index (κ2) is 10.9. The summed E-state index contributed by atoms with van der Waals surface area (Å²) in [6.45, 7) is 0.644. The fourth-order valence-electron chi connectivity index (χ4n) is 4.49. The zero-order valence-corrected chi connectivity index (χ0v) is 21.5. The average Bonchev–Trinajstić information content (AvgIpc) is 3.60. The number of benzene rings is 2. The lowest BCUT2D eigenvalue weighted by molar-refractivity contribution is 0.0730. The monoisotopic (exact) mass is 540 g/mol. The Labute approximate surface area is 222 Å². The van der Waals surface area contributed by atoms with Crippen LogP contribution in [0.3, 0.4) is 0 Å². The number of halogens is 3. The minimum Gasteiger partial charge on any atom is -0.494 e. The molecule has 1 atom stereocenters. The summed E-state index contributed by atoms with van der Waals surface area (Å²) in [5.74, 6) is -0.501. The Morgan fingerprint density at radius 1 is 1.22 bits per heavy atom. The van der Waals surface area contributed by atoms with Gasteiger partial charge < -0.3 is 14.6 Å². The lowest BCUT2D eigenvalue weighted by atomic mass is 10.1. The molecule has 0 aliphatic carbocycles. The summed E-state index contributed by atoms with van der Waals surface area (Å²) in [6, 6.07) is 11.1. The van der Waals surface area contributed by atoms with Crippen molar-refractivity contribution in [2.75, 3.05) is 13.7 Å². The molecule has 3 heterocycles. The maximum Gasteiger partial charge on any atom is 0.272 e.